The number of nitrogens with one attached hydrogen (secondary N) is 2. The molecule has 1 aromatic carbocycles. The number of hydrogen-bond donors (Lipinski definition) is 5. The van der Waals surface area contributed by atoms with Crippen LogP contribution >= 0.6 is 0 Å². The monoisotopic (exact) mass is 211 g/mol. The van der Waals surface area contributed by atoms with Gasteiger partial charge >= 0.3 is 6.03 Å². The minimum absolute atomic E-state index is 0.0780. The van der Waals surface area contributed by atoms with Crippen molar-refractivity contribution in [3.05, 3.63) is 23.8 Å². The molecule has 0 saturated heterocycles. The van der Waals surface area contributed by atoms with Gasteiger partial charge in [-0.1, -0.05) is 0 Å². The number of benzene rings is 1. The number of carbonyl (C=O) groups excluding carboxylic acids is 1. The molecule has 0 fully saturated rings. The fraction of sp³-hybridized carbons (Fsp3) is 0. The molecular weight excluding hydrogens is 202 g/mol. The molecular formula is C8H9N3O4. The fourth-order valence-corrected chi connectivity index (χ4v) is 0.827. The predicted octanol–water partition coefficient (Wildman–Crippen LogP) is 0.120. The van der Waals surface area contributed by atoms with Gasteiger partial charge in [0, 0.05) is 11.6 Å². The van der Waals surface area contributed by atoms with Gasteiger partial charge in [0.1, 0.15) is 11.5 Å². The first-order chi connectivity index (χ1) is 7.13. The molecule has 2 amide bonds. The number of urea groups is 1. The number of aromatic hydroxyl groups is 2. The van der Waals surface area contributed by atoms with Crippen LogP contribution in [0.15, 0.2) is 23.3 Å². The van der Waals surface area contributed by atoms with Gasteiger partial charge in [-0.3, -0.25) is 5.21 Å². The minimum atomic E-state index is -0.899. The average Bonchev–Trinajstić information content (AvgIpc) is 2.21. The number of hydroxylamine groups is 1. The summed E-state index contributed by atoms with van der Waals surface area (Å²) in [6, 6.07) is 3.00. The van der Waals surface area contributed by atoms with Gasteiger partial charge < -0.3 is 10.2 Å². The molecule has 5 N–H and O–H groups in total. The Morgan fingerprint density at radius 3 is 2.73 bits per heavy atom. The number of hydrogen-bond acceptors (Lipinski definition) is 5. The van der Waals surface area contributed by atoms with Crippen molar-refractivity contribution in [1.29, 1.82) is 0 Å². The van der Waals surface area contributed by atoms with E-state index in [0.717, 1.165) is 12.3 Å². The highest BCUT2D eigenvalue weighted by atomic mass is 16.5. The van der Waals surface area contributed by atoms with E-state index in [2.05, 4.69) is 5.10 Å². The van der Waals surface area contributed by atoms with Crippen LogP contribution in [0.4, 0.5) is 4.79 Å². The third-order valence-electron chi connectivity index (χ3n) is 1.49. The number of rotatable bonds is 2. The van der Waals surface area contributed by atoms with E-state index >= 15 is 0 Å². The van der Waals surface area contributed by atoms with E-state index in [9.17, 15) is 9.90 Å². The van der Waals surface area contributed by atoms with Gasteiger partial charge in [-0.05, 0) is 12.1 Å². The summed E-state index contributed by atoms with van der Waals surface area (Å²) in [5.74, 6) is -0.254. The van der Waals surface area contributed by atoms with Crippen molar-refractivity contribution in [2.75, 3.05) is 0 Å². The van der Waals surface area contributed by atoms with Crippen LogP contribution in [0.5, 0.6) is 11.5 Å². The molecule has 0 aliphatic rings. The first-order valence-corrected chi connectivity index (χ1v) is 3.88. The number of hydrazone groups is 1. The van der Waals surface area contributed by atoms with E-state index in [-0.39, 0.29) is 11.5 Å². The number of phenolic OH excluding ortho intramolecular Hbond substituents is 2. The van der Waals surface area contributed by atoms with Crippen molar-refractivity contribution in [3.8, 4) is 11.5 Å². The molecule has 0 atom stereocenters. The van der Waals surface area contributed by atoms with Crippen molar-refractivity contribution >= 4 is 12.2 Å². The van der Waals surface area contributed by atoms with Crippen LogP contribution in [-0.2, 0) is 0 Å². The first kappa shape index (κ1) is 10.8. The van der Waals surface area contributed by atoms with E-state index in [1.54, 1.807) is 0 Å². The summed E-state index contributed by atoms with van der Waals surface area (Å²) in [6.45, 7) is 0. The summed E-state index contributed by atoms with van der Waals surface area (Å²) in [6.07, 6.45) is 1.16. The summed E-state index contributed by atoms with van der Waals surface area (Å²) in [5, 5.41) is 29.8. The standard InChI is InChI=1S/C8H9N3O4/c12-6-2-1-5(7(13)3-6)4-9-10-8(14)11-15/h1-4,12-13,15H,(H2,10,11,14)/b9-4+. The summed E-state index contributed by atoms with van der Waals surface area (Å²) in [5.41, 5.74) is 3.54. The SMILES string of the molecule is O=C(NO)N/N=C/c1ccc(O)cc1O. The molecule has 0 bridgehead atoms. The molecule has 0 unspecified atom stereocenters. The van der Waals surface area contributed by atoms with Crippen molar-refractivity contribution in [1.82, 2.24) is 10.9 Å². The average molecular weight is 211 g/mol. The zero-order valence-electron chi connectivity index (χ0n) is 7.51. The Morgan fingerprint density at radius 2 is 2.13 bits per heavy atom. The summed E-state index contributed by atoms with van der Waals surface area (Å²) >= 11 is 0. The molecule has 7 nitrogen and oxygen atoms in total. The highest BCUT2D eigenvalue weighted by Crippen LogP contribution is 2.20. The Bertz CT molecular complexity index is 391. The van der Waals surface area contributed by atoms with Gasteiger partial charge in [-0.25, -0.2) is 15.7 Å². The molecule has 1 rings (SSSR count). The molecule has 0 radical (unpaired) electrons. The molecule has 0 heterocycles. The fourth-order valence-electron chi connectivity index (χ4n) is 0.827. The van der Waals surface area contributed by atoms with Gasteiger partial charge in [0.2, 0.25) is 0 Å². The largest absolute Gasteiger partial charge is 0.508 e. The van der Waals surface area contributed by atoms with Gasteiger partial charge in [0.05, 0.1) is 6.21 Å². The zero-order chi connectivity index (χ0) is 11.3. The molecule has 0 aliphatic carbocycles. The van der Waals surface area contributed by atoms with Gasteiger partial charge in [0.15, 0.2) is 0 Å². The first-order valence-electron chi connectivity index (χ1n) is 3.88. The summed E-state index contributed by atoms with van der Waals surface area (Å²) in [7, 11) is 0. The van der Waals surface area contributed by atoms with Crippen LogP contribution in [0.2, 0.25) is 0 Å². The number of phenols is 2. The van der Waals surface area contributed by atoms with Gasteiger partial charge in [-0.15, -0.1) is 0 Å². The Hall–Kier alpha value is -2.28. The predicted molar refractivity (Wildman–Crippen MR) is 50.8 cm³/mol. The Balaban J connectivity index is 2.68. The second-order valence-corrected chi connectivity index (χ2v) is 2.55. The maximum atomic E-state index is 10.5. The Morgan fingerprint density at radius 1 is 1.40 bits per heavy atom. The minimum Gasteiger partial charge on any atom is -0.508 e. The van der Waals surface area contributed by atoms with Crippen LogP contribution in [0.1, 0.15) is 5.56 Å². The zero-order valence-corrected chi connectivity index (χ0v) is 7.51. The molecule has 0 spiro atoms. The Kier molecular flexibility index (Phi) is 3.47. The second-order valence-electron chi connectivity index (χ2n) is 2.55. The molecule has 0 saturated carbocycles. The Labute approximate surface area is 84.6 Å². The second kappa shape index (κ2) is 4.82. The molecule has 0 aliphatic heterocycles. The maximum absolute atomic E-state index is 10.5. The molecule has 1 aromatic rings. The lowest BCUT2D eigenvalue weighted by Gasteiger charge is -1.99. The summed E-state index contributed by atoms with van der Waals surface area (Å²) in [4.78, 5) is 10.5. The number of carbonyl (C=O) groups is 1. The van der Waals surface area contributed by atoms with Crippen LogP contribution < -0.4 is 10.9 Å². The van der Waals surface area contributed by atoms with Crippen molar-refractivity contribution in [3.63, 3.8) is 0 Å². The quantitative estimate of drug-likeness (QED) is 0.271. The van der Waals surface area contributed by atoms with Crippen LogP contribution in [0, 0.1) is 0 Å². The molecule has 15 heavy (non-hydrogen) atoms. The maximum Gasteiger partial charge on any atom is 0.358 e. The van der Waals surface area contributed by atoms with Crippen molar-refractivity contribution < 1.29 is 20.2 Å². The van der Waals surface area contributed by atoms with Gasteiger partial charge in [-0.2, -0.15) is 5.10 Å². The van der Waals surface area contributed by atoms with Crippen LogP contribution in [0.3, 0.4) is 0 Å². The highest BCUT2D eigenvalue weighted by Gasteiger charge is 1.99. The van der Waals surface area contributed by atoms with E-state index in [1.807, 2.05) is 5.43 Å². The highest BCUT2D eigenvalue weighted by molar-refractivity contribution is 5.84. The van der Waals surface area contributed by atoms with E-state index in [0.29, 0.717) is 5.56 Å². The lowest BCUT2D eigenvalue weighted by molar-refractivity contribution is 0.162. The molecule has 80 valence electrons. The van der Waals surface area contributed by atoms with Crippen LogP contribution in [-0.4, -0.2) is 27.7 Å². The topological polar surface area (TPSA) is 114 Å². The van der Waals surface area contributed by atoms with E-state index in [1.165, 1.54) is 17.6 Å². The van der Waals surface area contributed by atoms with Gasteiger partial charge in [0.25, 0.3) is 0 Å². The molecule has 7 heteroatoms. The van der Waals surface area contributed by atoms with Crippen molar-refractivity contribution in [2.45, 2.75) is 0 Å². The van der Waals surface area contributed by atoms with Crippen LogP contribution in [0.25, 0.3) is 0 Å². The van der Waals surface area contributed by atoms with E-state index in [4.69, 9.17) is 10.3 Å². The smallest absolute Gasteiger partial charge is 0.358 e. The third kappa shape index (κ3) is 3.16. The lowest BCUT2D eigenvalue weighted by atomic mass is 10.2. The normalized spacial score (nSPS) is 10.2. The number of nitrogens with zero attached hydrogens (tertiary/aromatic N) is 1. The van der Waals surface area contributed by atoms with Crippen molar-refractivity contribution in [2.24, 2.45) is 5.10 Å². The summed E-state index contributed by atoms with van der Waals surface area (Å²) < 4.78 is 0. The lowest BCUT2D eigenvalue weighted by Crippen LogP contribution is -2.29. The number of amides is 2. The third-order valence-corrected chi connectivity index (χ3v) is 1.49. The van der Waals surface area contributed by atoms with E-state index < -0.39 is 6.03 Å². The molecule has 0 aromatic heterocycles.